The van der Waals surface area contributed by atoms with Gasteiger partial charge in [-0.1, -0.05) is 146 Å². The van der Waals surface area contributed by atoms with Crippen molar-refractivity contribution in [1.82, 2.24) is 24.9 Å². The second-order valence-electron chi connectivity index (χ2n) is 13.7. The molecule has 0 aliphatic heterocycles. The van der Waals surface area contributed by atoms with Gasteiger partial charge in [-0.05, 0) is 45.3 Å². The molecule has 0 N–H and O–H groups in total. The largest absolute Gasteiger partial charge is 0.253 e. The molecule has 5 heteroatoms. The first-order chi connectivity index (χ1) is 26.8. The van der Waals surface area contributed by atoms with Crippen molar-refractivity contribution in [1.29, 1.82) is 0 Å². The van der Waals surface area contributed by atoms with Crippen LogP contribution >= 0.6 is 0 Å². The maximum absolute atomic E-state index is 5.44. The molecule has 4 heterocycles. The smallest absolute Gasteiger partial charge is 0.178 e. The average Bonchev–Trinajstić information content (AvgIpc) is 3.26. The summed E-state index contributed by atoms with van der Waals surface area (Å²) in [4.78, 5) is 25.0. The maximum Gasteiger partial charge on any atom is 0.178 e. The van der Waals surface area contributed by atoms with Crippen molar-refractivity contribution >= 4 is 65.0 Å². The van der Waals surface area contributed by atoms with Crippen molar-refractivity contribution in [3.05, 3.63) is 176 Å². The van der Waals surface area contributed by atoms with Crippen LogP contribution in [0.1, 0.15) is 0 Å². The summed E-state index contributed by atoms with van der Waals surface area (Å²) in [6.45, 7) is 0. The zero-order chi connectivity index (χ0) is 35.6. The fraction of sp³-hybridized carbons (Fsp3) is 0. The Morgan fingerprint density at radius 1 is 0.333 bits per heavy atom. The Kier molecular flexibility index (Phi) is 6.79. The van der Waals surface area contributed by atoms with E-state index in [0.717, 1.165) is 71.7 Å². The molecule has 7 aromatic carbocycles. The summed E-state index contributed by atoms with van der Waals surface area (Å²) >= 11 is 0. The van der Waals surface area contributed by atoms with Gasteiger partial charge in [0.05, 0.1) is 27.9 Å². The molecule has 0 amide bonds. The van der Waals surface area contributed by atoms with E-state index in [1.165, 1.54) is 26.9 Å². The van der Waals surface area contributed by atoms with Crippen LogP contribution in [-0.4, -0.2) is 24.9 Å². The van der Waals surface area contributed by atoms with Crippen molar-refractivity contribution in [3.63, 3.8) is 0 Å². The summed E-state index contributed by atoms with van der Waals surface area (Å²) in [7, 11) is 0. The zero-order valence-corrected chi connectivity index (χ0v) is 29.0. The van der Waals surface area contributed by atoms with Crippen LogP contribution in [0.4, 0.5) is 0 Å². The molecule has 0 fully saturated rings. The van der Waals surface area contributed by atoms with E-state index in [1.54, 1.807) is 6.20 Å². The molecule has 0 saturated carbocycles. The van der Waals surface area contributed by atoms with Gasteiger partial charge in [0, 0.05) is 56.0 Å². The number of rotatable bonds is 4. The monoisotopic (exact) mass is 687 g/mol. The van der Waals surface area contributed by atoms with E-state index in [9.17, 15) is 0 Å². The lowest BCUT2D eigenvalue weighted by molar-refractivity contribution is 1.15. The first-order valence-electron chi connectivity index (χ1n) is 18.1. The molecule has 0 saturated heterocycles. The van der Waals surface area contributed by atoms with Gasteiger partial charge in [-0.3, -0.25) is 4.98 Å². The number of hydrogen-bond acceptors (Lipinski definition) is 5. The highest BCUT2D eigenvalue weighted by Crippen LogP contribution is 2.41. The van der Waals surface area contributed by atoms with E-state index in [4.69, 9.17) is 19.9 Å². The minimum atomic E-state index is 0.567. The van der Waals surface area contributed by atoms with Crippen molar-refractivity contribution in [3.8, 4) is 45.2 Å². The number of fused-ring (bicyclic) bond motifs is 11. The van der Waals surface area contributed by atoms with Gasteiger partial charge in [0.1, 0.15) is 5.69 Å². The minimum absolute atomic E-state index is 0.567. The normalized spacial score (nSPS) is 11.7. The van der Waals surface area contributed by atoms with Crippen LogP contribution in [0.25, 0.3) is 110 Å². The SMILES string of the molecule is c1ccc(-c2cnc3c(ccc4ccc(-c5nccc(-c6ccc(-c7nc8c9ccccc9c9ccccc9c8c8ccccc78)cc6)n5)nc43)c2)cc1. The fourth-order valence-electron chi connectivity index (χ4n) is 7.95. The van der Waals surface area contributed by atoms with Crippen LogP contribution in [0.3, 0.4) is 0 Å². The van der Waals surface area contributed by atoms with Gasteiger partial charge in [-0.25, -0.2) is 19.9 Å². The van der Waals surface area contributed by atoms with Gasteiger partial charge in [0.15, 0.2) is 5.82 Å². The summed E-state index contributed by atoms with van der Waals surface area (Å²) < 4.78 is 0. The third-order valence-electron chi connectivity index (χ3n) is 10.5. The van der Waals surface area contributed by atoms with Crippen LogP contribution in [-0.2, 0) is 0 Å². The Hall–Kier alpha value is -7.37. The van der Waals surface area contributed by atoms with Crippen LogP contribution in [0, 0.1) is 0 Å². The Morgan fingerprint density at radius 2 is 0.963 bits per heavy atom. The van der Waals surface area contributed by atoms with Crippen LogP contribution in [0.15, 0.2) is 176 Å². The molecule has 0 atom stereocenters. The molecule has 4 aromatic heterocycles. The number of aromatic nitrogens is 5. The number of nitrogens with zero attached hydrogens (tertiary/aromatic N) is 5. The lowest BCUT2D eigenvalue weighted by Gasteiger charge is -2.15. The molecular weight excluding hydrogens is 659 g/mol. The highest BCUT2D eigenvalue weighted by atomic mass is 14.9. The molecule has 0 aliphatic carbocycles. The van der Waals surface area contributed by atoms with Crippen LogP contribution in [0.5, 0.6) is 0 Å². The van der Waals surface area contributed by atoms with E-state index in [2.05, 4.69) is 138 Å². The van der Waals surface area contributed by atoms with Crippen LogP contribution in [0.2, 0.25) is 0 Å². The molecule has 5 nitrogen and oxygen atoms in total. The fourth-order valence-corrected chi connectivity index (χ4v) is 7.95. The Labute approximate surface area is 310 Å². The lowest BCUT2D eigenvalue weighted by atomic mass is 9.92. The Bertz CT molecular complexity index is 3270. The van der Waals surface area contributed by atoms with Gasteiger partial charge in [-0.15, -0.1) is 0 Å². The molecule has 0 bridgehead atoms. The topological polar surface area (TPSA) is 64.5 Å². The summed E-state index contributed by atoms with van der Waals surface area (Å²) in [5.41, 5.74) is 9.45. The summed E-state index contributed by atoms with van der Waals surface area (Å²) in [6.07, 6.45) is 3.73. The lowest BCUT2D eigenvalue weighted by Crippen LogP contribution is -1.95. The predicted octanol–water partition coefficient (Wildman–Crippen LogP) is 12.2. The maximum atomic E-state index is 5.44. The first kappa shape index (κ1) is 30.3. The first-order valence-corrected chi connectivity index (χ1v) is 18.1. The van der Waals surface area contributed by atoms with Crippen molar-refractivity contribution in [2.45, 2.75) is 0 Å². The quantitative estimate of drug-likeness (QED) is 0.172. The molecule has 0 spiro atoms. The molecule has 0 radical (unpaired) electrons. The molecule has 0 unspecified atom stereocenters. The van der Waals surface area contributed by atoms with Crippen molar-refractivity contribution < 1.29 is 0 Å². The van der Waals surface area contributed by atoms with Gasteiger partial charge < -0.3 is 0 Å². The van der Waals surface area contributed by atoms with Gasteiger partial charge in [-0.2, -0.15) is 0 Å². The molecule has 250 valence electrons. The number of hydrogen-bond donors (Lipinski definition) is 0. The summed E-state index contributed by atoms with van der Waals surface area (Å²) in [5, 5.41) is 10.4. The average molecular weight is 688 g/mol. The van der Waals surface area contributed by atoms with Crippen LogP contribution < -0.4 is 0 Å². The number of pyridine rings is 3. The van der Waals surface area contributed by atoms with E-state index in [0.29, 0.717) is 11.5 Å². The van der Waals surface area contributed by atoms with E-state index in [-0.39, 0.29) is 0 Å². The van der Waals surface area contributed by atoms with E-state index >= 15 is 0 Å². The van der Waals surface area contributed by atoms with Gasteiger partial charge in [0.2, 0.25) is 0 Å². The Balaban J connectivity index is 0.988. The highest BCUT2D eigenvalue weighted by molar-refractivity contribution is 6.31. The Morgan fingerprint density at radius 3 is 1.76 bits per heavy atom. The molecular formula is C49H29N5. The second kappa shape index (κ2) is 12.1. The van der Waals surface area contributed by atoms with Crippen molar-refractivity contribution in [2.75, 3.05) is 0 Å². The van der Waals surface area contributed by atoms with Gasteiger partial charge >= 0.3 is 0 Å². The summed E-state index contributed by atoms with van der Waals surface area (Å²) in [6, 6.07) is 57.1. The van der Waals surface area contributed by atoms with E-state index < -0.39 is 0 Å². The number of benzene rings is 7. The predicted molar refractivity (Wildman–Crippen MR) is 222 cm³/mol. The van der Waals surface area contributed by atoms with Gasteiger partial charge in [0.25, 0.3) is 0 Å². The molecule has 11 rings (SSSR count). The highest BCUT2D eigenvalue weighted by Gasteiger charge is 2.17. The molecule has 54 heavy (non-hydrogen) atoms. The third kappa shape index (κ3) is 4.83. The van der Waals surface area contributed by atoms with E-state index in [1.807, 2.05) is 36.5 Å². The second-order valence-corrected chi connectivity index (χ2v) is 13.7. The van der Waals surface area contributed by atoms with Crippen molar-refractivity contribution in [2.24, 2.45) is 0 Å². The standard InChI is InChI=1S/C49H29N5/c1-2-10-30(11-3-1)35-28-34-23-22-33-24-25-43(52-47(33)46(34)51-29-35)49-50-27-26-42(53-49)31-18-20-32(21-19-31)45-41-17-9-7-15-39(41)44-38-14-6-4-12-36(38)37-13-5-8-16-40(37)48(44)54-45/h1-29H. The zero-order valence-electron chi connectivity index (χ0n) is 29.0. The molecule has 11 aromatic rings. The third-order valence-corrected chi connectivity index (χ3v) is 10.5. The minimum Gasteiger partial charge on any atom is -0.253 e. The molecule has 0 aliphatic rings. The summed E-state index contributed by atoms with van der Waals surface area (Å²) in [5.74, 6) is 0.567.